The summed E-state index contributed by atoms with van der Waals surface area (Å²) in [5.74, 6) is 0.803. The summed E-state index contributed by atoms with van der Waals surface area (Å²) in [5.41, 5.74) is 1.85. The van der Waals surface area contributed by atoms with Gasteiger partial charge in [-0.2, -0.15) is 4.68 Å². The molecule has 1 aliphatic rings. The zero-order valence-corrected chi connectivity index (χ0v) is 13.6. The van der Waals surface area contributed by atoms with Gasteiger partial charge in [-0.1, -0.05) is 5.21 Å². The summed E-state index contributed by atoms with van der Waals surface area (Å²) in [4.78, 5) is 17.1. The molecule has 0 saturated heterocycles. The molecule has 0 aliphatic heterocycles. The van der Waals surface area contributed by atoms with Gasteiger partial charge in [-0.25, -0.2) is 9.37 Å². The number of benzene rings is 1. The second-order valence-corrected chi connectivity index (χ2v) is 6.59. The van der Waals surface area contributed by atoms with Crippen molar-refractivity contribution in [2.45, 2.75) is 19.3 Å². The molecule has 1 aromatic carbocycles. The third kappa shape index (κ3) is 2.17. The van der Waals surface area contributed by atoms with E-state index in [0.29, 0.717) is 28.3 Å². The number of hydrogen-bond donors (Lipinski definition) is 0. The van der Waals surface area contributed by atoms with Gasteiger partial charge < -0.3 is 0 Å². The minimum absolute atomic E-state index is 0.276. The Kier molecular flexibility index (Phi) is 2.85. The first-order valence-corrected chi connectivity index (χ1v) is 8.19. The van der Waals surface area contributed by atoms with Crippen molar-refractivity contribution in [2.75, 3.05) is 0 Å². The minimum Gasteiger partial charge on any atom is -0.294 e. The maximum atomic E-state index is 13.5. The molecule has 5 rings (SSSR count). The number of fused-ring (bicyclic) bond motifs is 3. The standard InChI is InChI=1S/C17H15FN6O/c1-22-16-15(24-8-12(20-21-24)6-10-2-3-10)19-9-23(16)14-5-4-11(18)7-13(14)17(22)25/h4-5,7-10H,2-3,6H2,1H3. The molecule has 0 unspecified atom stereocenters. The molecule has 0 spiro atoms. The Morgan fingerprint density at radius 3 is 2.96 bits per heavy atom. The zero-order valence-electron chi connectivity index (χ0n) is 13.6. The van der Waals surface area contributed by atoms with Gasteiger partial charge in [0, 0.05) is 7.05 Å². The van der Waals surface area contributed by atoms with Gasteiger partial charge in [0.2, 0.25) is 0 Å². The van der Waals surface area contributed by atoms with E-state index in [4.69, 9.17) is 0 Å². The first kappa shape index (κ1) is 14.3. The topological polar surface area (TPSA) is 70.0 Å². The number of hydrogen-bond acceptors (Lipinski definition) is 4. The van der Waals surface area contributed by atoms with Crippen LogP contribution in [-0.2, 0) is 13.5 Å². The minimum atomic E-state index is -0.440. The molecule has 3 aromatic heterocycles. The van der Waals surface area contributed by atoms with E-state index in [1.165, 1.54) is 29.5 Å². The molecule has 0 amide bonds. The first-order valence-electron chi connectivity index (χ1n) is 8.19. The van der Waals surface area contributed by atoms with Crippen molar-refractivity contribution >= 4 is 16.6 Å². The molecular formula is C17H15FN6O. The van der Waals surface area contributed by atoms with Gasteiger partial charge in [0.1, 0.15) is 12.1 Å². The lowest BCUT2D eigenvalue weighted by molar-refractivity contribution is 0.629. The highest BCUT2D eigenvalue weighted by Crippen LogP contribution is 2.32. The van der Waals surface area contributed by atoms with E-state index in [2.05, 4.69) is 15.3 Å². The highest BCUT2D eigenvalue weighted by Gasteiger charge is 2.23. The second kappa shape index (κ2) is 4.98. The van der Waals surface area contributed by atoms with Crippen LogP contribution in [0.1, 0.15) is 18.5 Å². The lowest BCUT2D eigenvalue weighted by Crippen LogP contribution is -2.20. The van der Waals surface area contributed by atoms with Crippen LogP contribution in [0.4, 0.5) is 4.39 Å². The van der Waals surface area contributed by atoms with Gasteiger partial charge in [-0.3, -0.25) is 13.8 Å². The summed E-state index contributed by atoms with van der Waals surface area (Å²) in [6.45, 7) is 0. The van der Waals surface area contributed by atoms with Gasteiger partial charge in [-0.05, 0) is 43.4 Å². The average Bonchev–Trinajstić information content (AvgIpc) is 3.11. The van der Waals surface area contributed by atoms with E-state index in [-0.39, 0.29) is 5.56 Å². The second-order valence-electron chi connectivity index (χ2n) is 6.59. The molecule has 3 heterocycles. The van der Waals surface area contributed by atoms with E-state index in [1.807, 2.05) is 6.20 Å². The molecule has 126 valence electrons. The van der Waals surface area contributed by atoms with Gasteiger partial charge in [0.05, 0.1) is 22.8 Å². The van der Waals surface area contributed by atoms with Crippen molar-refractivity contribution in [3.05, 3.63) is 52.6 Å². The fourth-order valence-corrected chi connectivity index (χ4v) is 3.26. The molecule has 0 atom stereocenters. The molecule has 0 N–H and O–H groups in total. The number of aromatic nitrogens is 6. The van der Waals surface area contributed by atoms with Crippen LogP contribution in [-0.4, -0.2) is 28.9 Å². The maximum Gasteiger partial charge on any atom is 0.261 e. The van der Waals surface area contributed by atoms with Crippen LogP contribution < -0.4 is 5.56 Å². The molecule has 1 aliphatic carbocycles. The van der Waals surface area contributed by atoms with Crippen molar-refractivity contribution in [3.63, 3.8) is 0 Å². The quantitative estimate of drug-likeness (QED) is 0.572. The highest BCUT2D eigenvalue weighted by atomic mass is 19.1. The Bertz CT molecular complexity index is 1180. The van der Waals surface area contributed by atoms with Crippen molar-refractivity contribution in [1.29, 1.82) is 0 Å². The molecule has 1 fully saturated rings. The molecule has 25 heavy (non-hydrogen) atoms. The molecule has 0 radical (unpaired) electrons. The third-order valence-electron chi connectivity index (χ3n) is 4.75. The summed E-state index contributed by atoms with van der Waals surface area (Å²) >= 11 is 0. The summed E-state index contributed by atoms with van der Waals surface area (Å²) < 4.78 is 18.4. The Labute approximate surface area is 141 Å². The van der Waals surface area contributed by atoms with Crippen molar-refractivity contribution in [2.24, 2.45) is 13.0 Å². The normalized spacial score (nSPS) is 14.6. The molecular weight excluding hydrogens is 323 g/mol. The summed E-state index contributed by atoms with van der Waals surface area (Å²) in [7, 11) is 1.65. The van der Waals surface area contributed by atoms with E-state index in [1.54, 1.807) is 28.5 Å². The Morgan fingerprint density at radius 2 is 2.16 bits per heavy atom. The van der Waals surface area contributed by atoms with Crippen LogP contribution >= 0.6 is 0 Å². The maximum absolute atomic E-state index is 13.5. The van der Waals surface area contributed by atoms with Crippen LogP contribution in [0.2, 0.25) is 0 Å². The van der Waals surface area contributed by atoms with Gasteiger partial charge in [0.15, 0.2) is 11.5 Å². The highest BCUT2D eigenvalue weighted by molar-refractivity contribution is 5.82. The van der Waals surface area contributed by atoms with Crippen LogP contribution in [0.15, 0.2) is 35.5 Å². The fraction of sp³-hybridized carbons (Fsp3) is 0.294. The molecule has 7 nitrogen and oxygen atoms in total. The average molecular weight is 338 g/mol. The number of rotatable bonds is 3. The number of halogens is 1. The van der Waals surface area contributed by atoms with Crippen molar-refractivity contribution < 1.29 is 4.39 Å². The Morgan fingerprint density at radius 1 is 1.32 bits per heavy atom. The Hall–Kier alpha value is -3.03. The smallest absolute Gasteiger partial charge is 0.261 e. The number of aryl methyl sites for hydroxylation is 1. The van der Waals surface area contributed by atoms with Crippen LogP contribution in [0.3, 0.4) is 0 Å². The van der Waals surface area contributed by atoms with Crippen LogP contribution in [0.5, 0.6) is 0 Å². The predicted molar refractivity (Wildman–Crippen MR) is 89.2 cm³/mol. The lowest BCUT2D eigenvalue weighted by Gasteiger charge is -2.08. The third-order valence-corrected chi connectivity index (χ3v) is 4.75. The molecule has 1 saturated carbocycles. The van der Waals surface area contributed by atoms with E-state index >= 15 is 0 Å². The van der Waals surface area contributed by atoms with Gasteiger partial charge in [0.25, 0.3) is 5.56 Å². The van der Waals surface area contributed by atoms with E-state index < -0.39 is 5.82 Å². The van der Waals surface area contributed by atoms with Crippen molar-refractivity contribution in [1.82, 2.24) is 28.9 Å². The zero-order chi connectivity index (χ0) is 17.1. The van der Waals surface area contributed by atoms with Gasteiger partial charge >= 0.3 is 0 Å². The molecule has 8 heteroatoms. The van der Waals surface area contributed by atoms with E-state index in [9.17, 15) is 9.18 Å². The van der Waals surface area contributed by atoms with Crippen molar-refractivity contribution in [3.8, 4) is 5.82 Å². The van der Waals surface area contributed by atoms with E-state index in [0.717, 1.165) is 12.1 Å². The Balaban J connectivity index is 1.74. The first-order chi connectivity index (χ1) is 12.1. The molecule has 4 aromatic rings. The summed E-state index contributed by atoms with van der Waals surface area (Å²) in [5, 5.41) is 8.69. The van der Waals surface area contributed by atoms with Crippen LogP contribution in [0.25, 0.3) is 22.4 Å². The van der Waals surface area contributed by atoms with Crippen LogP contribution in [0, 0.1) is 11.7 Å². The monoisotopic (exact) mass is 338 g/mol. The number of nitrogens with zero attached hydrogens (tertiary/aromatic N) is 6. The molecule has 0 bridgehead atoms. The SMILES string of the molecule is Cn1c(=O)c2cc(F)ccc2n2cnc(-n3cc(CC4CC4)nn3)c12. The summed E-state index contributed by atoms with van der Waals surface area (Å²) in [6.07, 6.45) is 6.90. The number of imidazole rings is 1. The lowest BCUT2D eigenvalue weighted by atomic mass is 10.2. The predicted octanol–water partition coefficient (Wildman–Crippen LogP) is 1.86. The van der Waals surface area contributed by atoms with Gasteiger partial charge in [-0.15, -0.1) is 5.10 Å². The largest absolute Gasteiger partial charge is 0.294 e. The fourth-order valence-electron chi connectivity index (χ4n) is 3.26. The summed E-state index contributed by atoms with van der Waals surface area (Å²) in [6, 6.07) is 4.18.